The van der Waals surface area contributed by atoms with E-state index in [2.05, 4.69) is 31.9 Å². The van der Waals surface area contributed by atoms with Crippen LogP contribution < -0.4 is 4.74 Å². The summed E-state index contributed by atoms with van der Waals surface area (Å²) in [6, 6.07) is 5.79. The molecule has 1 rings (SSSR count). The van der Waals surface area contributed by atoms with Crippen molar-refractivity contribution in [1.29, 1.82) is 0 Å². The van der Waals surface area contributed by atoms with Gasteiger partial charge in [0.15, 0.2) is 0 Å². The van der Waals surface area contributed by atoms with Crippen LogP contribution in [0.2, 0.25) is 0 Å². The molecule has 15 heavy (non-hydrogen) atoms. The maximum absolute atomic E-state index is 11.3. The number of hydrogen-bond donors (Lipinski definition) is 0. The molecule has 0 aliphatic rings. The van der Waals surface area contributed by atoms with Gasteiger partial charge in [0.1, 0.15) is 11.5 Å². The number of alkyl halides is 2. The molecular weight excluding hydrogens is 324 g/mol. The third-order valence-electron chi connectivity index (χ3n) is 2.09. The molecule has 0 aliphatic heterocycles. The van der Waals surface area contributed by atoms with E-state index in [9.17, 15) is 4.79 Å². The minimum Gasteiger partial charge on any atom is -0.497 e. The predicted octanol–water partition coefficient (Wildman–Crippen LogP) is 3.10. The summed E-state index contributed by atoms with van der Waals surface area (Å²) >= 11 is 6.56. The lowest BCUT2D eigenvalue weighted by Crippen LogP contribution is -2.05. The highest BCUT2D eigenvalue weighted by Gasteiger charge is 2.07. The topological polar surface area (TPSA) is 26.3 Å². The molecular formula is C11H12Br2O2. The van der Waals surface area contributed by atoms with E-state index >= 15 is 0 Å². The van der Waals surface area contributed by atoms with Gasteiger partial charge in [-0.3, -0.25) is 4.79 Å². The molecule has 0 N–H and O–H groups in total. The molecule has 1 aromatic carbocycles. The van der Waals surface area contributed by atoms with E-state index < -0.39 is 0 Å². The molecule has 0 heterocycles. The molecule has 0 radical (unpaired) electrons. The quantitative estimate of drug-likeness (QED) is 0.773. The monoisotopic (exact) mass is 334 g/mol. The summed E-state index contributed by atoms with van der Waals surface area (Å²) in [5.41, 5.74) is 2.15. The zero-order valence-corrected chi connectivity index (χ0v) is 11.6. The second kappa shape index (κ2) is 6.28. The first-order valence-electron chi connectivity index (χ1n) is 4.50. The molecule has 0 atom stereocenters. The van der Waals surface area contributed by atoms with Crippen molar-refractivity contribution in [2.24, 2.45) is 0 Å². The van der Waals surface area contributed by atoms with Crippen LogP contribution in [-0.2, 0) is 16.5 Å². The van der Waals surface area contributed by atoms with Gasteiger partial charge in [-0.2, -0.15) is 0 Å². The number of benzene rings is 1. The fourth-order valence-electron chi connectivity index (χ4n) is 1.28. The van der Waals surface area contributed by atoms with Gasteiger partial charge in [-0.25, -0.2) is 0 Å². The summed E-state index contributed by atoms with van der Waals surface area (Å²) in [6.45, 7) is 0. The summed E-state index contributed by atoms with van der Waals surface area (Å²) in [4.78, 5) is 11.3. The Morgan fingerprint density at radius 3 is 2.60 bits per heavy atom. The minimum atomic E-state index is 0.172. The first kappa shape index (κ1) is 12.7. The maximum atomic E-state index is 11.3. The van der Waals surface area contributed by atoms with Crippen LogP contribution in [0.25, 0.3) is 0 Å². The Labute approximate surface area is 106 Å². The SMILES string of the molecule is COc1ccc(CBr)c(CC(=O)CBr)c1. The Bertz CT molecular complexity index is 350. The van der Waals surface area contributed by atoms with E-state index in [4.69, 9.17) is 4.74 Å². The molecule has 0 unspecified atom stereocenters. The van der Waals surface area contributed by atoms with Crippen molar-refractivity contribution in [1.82, 2.24) is 0 Å². The molecule has 0 spiro atoms. The summed E-state index contributed by atoms with van der Waals surface area (Å²) in [7, 11) is 1.62. The first-order chi connectivity index (χ1) is 7.21. The van der Waals surface area contributed by atoms with Crippen LogP contribution in [0.1, 0.15) is 11.1 Å². The summed E-state index contributed by atoms with van der Waals surface area (Å²) in [6.07, 6.45) is 0.448. The molecule has 0 fully saturated rings. The summed E-state index contributed by atoms with van der Waals surface area (Å²) < 4.78 is 5.13. The second-order valence-corrected chi connectivity index (χ2v) is 4.24. The van der Waals surface area contributed by atoms with Gasteiger partial charge < -0.3 is 4.74 Å². The normalized spacial score (nSPS) is 10.1. The Kier molecular flexibility index (Phi) is 5.32. The smallest absolute Gasteiger partial charge is 0.147 e. The molecule has 4 heteroatoms. The lowest BCUT2D eigenvalue weighted by molar-refractivity contribution is -0.115. The van der Waals surface area contributed by atoms with Crippen LogP contribution in [-0.4, -0.2) is 18.2 Å². The molecule has 0 aliphatic carbocycles. The average Bonchev–Trinajstić information content (AvgIpc) is 2.28. The molecule has 0 saturated carbocycles. The van der Waals surface area contributed by atoms with Gasteiger partial charge >= 0.3 is 0 Å². The van der Waals surface area contributed by atoms with Crippen molar-refractivity contribution in [3.63, 3.8) is 0 Å². The van der Waals surface area contributed by atoms with Gasteiger partial charge in [0.05, 0.1) is 12.4 Å². The highest BCUT2D eigenvalue weighted by atomic mass is 79.9. The van der Waals surface area contributed by atoms with E-state index in [0.29, 0.717) is 11.8 Å². The third kappa shape index (κ3) is 3.61. The number of Topliss-reactive ketones (excluding diaryl/α,β-unsaturated/α-hetero) is 1. The number of ketones is 1. The summed E-state index contributed by atoms with van der Waals surface area (Å²) in [5.74, 6) is 0.961. The number of ether oxygens (including phenoxy) is 1. The number of carbonyl (C=O) groups is 1. The number of halogens is 2. The first-order valence-corrected chi connectivity index (χ1v) is 6.75. The molecule has 0 amide bonds. The van der Waals surface area contributed by atoms with Crippen molar-refractivity contribution in [3.05, 3.63) is 29.3 Å². The molecule has 0 bridgehead atoms. The Morgan fingerprint density at radius 2 is 2.07 bits per heavy atom. The zero-order chi connectivity index (χ0) is 11.3. The number of carbonyl (C=O) groups excluding carboxylic acids is 1. The van der Waals surface area contributed by atoms with Gasteiger partial charge in [-0.1, -0.05) is 37.9 Å². The van der Waals surface area contributed by atoms with Crippen LogP contribution in [0.4, 0.5) is 0 Å². The van der Waals surface area contributed by atoms with Gasteiger partial charge in [-0.05, 0) is 23.3 Å². The predicted molar refractivity (Wildman–Crippen MR) is 68.1 cm³/mol. The van der Waals surface area contributed by atoms with Crippen LogP contribution in [0.5, 0.6) is 5.75 Å². The van der Waals surface area contributed by atoms with E-state index in [-0.39, 0.29) is 5.78 Å². The van der Waals surface area contributed by atoms with Crippen molar-refractivity contribution in [2.75, 3.05) is 12.4 Å². The van der Waals surface area contributed by atoms with Gasteiger partial charge in [-0.15, -0.1) is 0 Å². The Hall–Kier alpha value is -0.350. The van der Waals surface area contributed by atoms with Crippen molar-refractivity contribution in [3.8, 4) is 5.75 Å². The third-order valence-corrected chi connectivity index (χ3v) is 3.32. The standard InChI is InChI=1S/C11H12Br2O2/c1-15-11-3-2-8(6-12)9(5-11)4-10(14)7-13/h2-3,5H,4,6-7H2,1H3. The molecule has 82 valence electrons. The lowest BCUT2D eigenvalue weighted by Gasteiger charge is -2.08. The van der Waals surface area contributed by atoms with Gasteiger partial charge in [0.2, 0.25) is 0 Å². The van der Waals surface area contributed by atoms with E-state index in [1.165, 1.54) is 0 Å². The number of rotatable bonds is 5. The fourth-order valence-corrected chi connectivity index (χ4v) is 2.03. The second-order valence-electron chi connectivity index (χ2n) is 3.12. The lowest BCUT2D eigenvalue weighted by atomic mass is 10.0. The van der Waals surface area contributed by atoms with Crippen LogP contribution in [0.3, 0.4) is 0 Å². The Balaban J connectivity index is 2.95. The van der Waals surface area contributed by atoms with Crippen molar-refractivity contribution < 1.29 is 9.53 Å². The maximum Gasteiger partial charge on any atom is 0.147 e. The highest BCUT2D eigenvalue weighted by Crippen LogP contribution is 2.20. The van der Waals surface area contributed by atoms with Crippen molar-refractivity contribution >= 4 is 37.6 Å². The average molecular weight is 336 g/mol. The van der Waals surface area contributed by atoms with Crippen molar-refractivity contribution in [2.45, 2.75) is 11.8 Å². The fraction of sp³-hybridized carbons (Fsp3) is 0.364. The van der Waals surface area contributed by atoms with Crippen LogP contribution in [0.15, 0.2) is 18.2 Å². The molecule has 1 aromatic rings. The highest BCUT2D eigenvalue weighted by molar-refractivity contribution is 9.09. The molecule has 0 aromatic heterocycles. The summed E-state index contributed by atoms with van der Waals surface area (Å²) in [5, 5.41) is 1.15. The van der Waals surface area contributed by atoms with Crippen LogP contribution >= 0.6 is 31.9 Å². The molecule has 0 saturated heterocycles. The van der Waals surface area contributed by atoms with Gasteiger partial charge in [0, 0.05) is 11.8 Å². The van der Waals surface area contributed by atoms with Gasteiger partial charge in [0.25, 0.3) is 0 Å². The largest absolute Gasteiger partial charge is 0.497 e. The van der Waals surface area contributed by atoms with E-state index in [1.54, 1.807) is 7.11 Å². The van der Waals surface area contributed by atoms with E-state index in [0.717, 1.165) is 22.2 Å². The minimum absolute atomic E-state index is 0.172. The van der Waals surface area contributed by atoms with Crippen LogP contribution in [0, 0.1) is 0 Å². The number of methoxy groups -OCH3 is 1. The molecule has 2 nitrogen and oxygen atoms in total. The zero-order valence-electron chi connectivity index (χ0n) is 8.43. The Morgan fingerprint density at radius 1 is 1.33 bits per heavy atom. The number of hydrogen-bond acceptors (Lipinski definition) is 2. The van der Waals surface area contributed by atoms with E-state index in [1.807, 2.05) is 18.2 Å².